The Kier molecular flexibility index (Phi) is 9.69. The van der Waals surface area contributed by atoms with Crippen LogP contribution in [0, 0.1) is 5.41 Å². The highest BCUT2D eigenvalue weighted by molar-refractivity contribution is 7.93. The van der Waals surface area contributed by atoms with Crippen LogP contribution in [0.2, 0.25) is 0 Å². The lowest BCUT2D eigenvalue weighted by atomic mass is 9.72. The number of rotatable bonds is 7. The summed E-state index contributed by atoms with van der Waals surface area (Å²) in [6, 6.07) is 1.54. The number of sulfonamides is 1. The molecule has 278 valence electrons. The quantitative estimate of drug-likeness (QED) is 0.285. The van der Waals surface area contributed by atoms with Crippen LogP contribution in [0.4, 0.5) is 63.2 Å². The number of carbonyl (C=O) groups excluding carboxylic acids is 1. The van der Waals surface area contributed by atoms with Crippen molar-refractivity contribution in [3.05, 3.63) is 63.7 Å². The zero-order valence-corrected chi connectivity index (χ0v) is 27.2. The van der Waals surface area contributed by atoms with Crippen LogP contribution in [0.3, 0.4) is 0 Å². The number of hydrogen-bond donors (Lipinski definition) is 1. The van der Waals surface area contributed by atoms with E-state index in [2.05, 4.69) is 0 Å². The zero-order chi connectivity index (χ0) is 38.0. The summed E-state index contributed by atoms with van der Waals surface area (Å²) in [7, 11) is -5.43. The molecule has 0 bridgehead atoms. The molecule has 1 aliphatic heterocycles. The fourth-order valence-corrected chi connectivity index (χ4v) is 6.46. The average Bonchev–Trinajstić information content (AvgIpc) is 3.24. The molecule has 1 N–H and O–H groups in total. The molecular weight excluding hydrogens is 728 g/mol. The number of nitrogens with zero attached hydrogens (tertiary/aromatic N) is 1. The molecule has 2 aromatic rings. The third-order valence-corrected chi connectivity index (χ3v) is 9.64. The van der Waals surface area contributed by atoms with Gasteiger partial charge in [0.1, 0.15) is 17.9 Å². The maximum atomic E-state index is 14.0. The molecule has 4 rings (SSSR count). The Morgan fingerprint density at radius 2 is 1.42 bits per heavy atom. The van der Waals surface area contributed by atoms with Crippen molar-refractivity contribution in [3.63, 3.8) is 0 Å². The normalized spacial score (nSPS) is 20.6. The first kappa shape index (κ1) is 39.0. The van der Waals surface area contributed by atoms with Crippen LogP contribution in [0.25, 0.3) is 5.57 Å². The van der Waals surface area contributed by atoms with Gasteiger partial charge in [-0.1, -0.05) is 13.8 Å². The molecule has 1 amide bonds. The van der Waals surface area contributed by atoms with Crippen molar-refractivity contribution >= 4 is 27.4 Å². The number of carbonyl (C=O) groups is 1. The summed E-state index contributed by atoms with van der Waals surface area (Å²) in [4.78, 5) is 13.9. The third-order valence-electron chi connectivity index (χ3n) is 8.54. The van der Waals surface area contributed by atoms with E-state index in [1.807, 2.05) is 0 Å². The number of allylic oxidation sites excluding steroid dienone is 1. The standard InChI is InChI=1S/C30H28F12N2O5S/c1-25(2)6-5-19(20-10-22(43-50(46,47)30(40,41)42)21(29(37,38)39)11-23(20)48-4)15(12-25)13-44-24(45)49-14-26(44,3)16-7-17(27(31,32)33)9-18(8-16)28(34,35)36/h7-11,43H,5-6,12-14H2,1-4H3. The predicted octanol–water partition coefficient (Wildman–Crippen LogP) is 9.34. The minimum absolute atomic E-state index is 0.0202. The van der Waals surface area contributed by atoms with Gasteiger partial charge < -0.3 is 9.47 Å². The van der Waals surface area contributed by atoms with Gasteiger partial charge in [-0.15, -0.1) is 0 Å². The minimum Gasteiger partial charge on any atom is -0.496 e. The lowest BCUT2D eigenvalue weighted by molar-refractivity contribution is -0.143. The average molecular weight is 757 g/mol. The van der Waals surface area contributed by atoms with E-state index < -0.39 is 98.0 Å². The van der Waals surface area contributed by atoms with Gasteiger partial charge in [-0.2, -0.15) is 61.1 Å². The van der Waals surface area contributed by atoms with Crippen molar-refractivity contribution in [1.29, 1.82) is 0 Å². The molecular formula is C30H28F12N2O5S. The summed E-state index contributed by atoms with van der Waals surface area (Å²) < 4.78 is 199. The van der Waals surface area contributed by atoms with Gasteiger partial charge in [0.2, 0.25) is 0 Å². The fraction of sp³-hybridized carbons (Fsp3) is 0.500. The number of methoxy groups -OCH3 is 1. The molecule has 7 nitrogen and oxygen atoms in total. The number of cyclic esters (lactones) is 1. The second kappa shape index (κ2) is 12.4. The maximum absolute atomic E-state index is 14.0. The lowest BCUT2D eigenvalue weighted by Crippen LogP contribution is -2.44. The topological polar surface area (TPSA) is 84.9 Å². The van der Waals surface area contributed by atoms with Gasteiger partial charge in [-0.25, -0.2) is 4.79 Å². The summed E-state index contributed by atoms with van der Waals surface area (Å²) >= 11 is 0. The SMILES string of the molecule is COc1cc(C(F)(F)F)c(NS(=O)(=O)C(F)(F)F)cc1C1=C(CN2C(=O)OCC2(C)c2cc(C(F)(F)F)cc(C(F)(F)F)c2)CC(C)(C)CC1. The first-order valence-electron chi connectivity index (χ1n) is 14.3. The first-order valence-corrected chi connectivity index (χ1v) is 15.8. The van der Waals surface area contributed by atoms with Gasteiger partial charge in [0.25, 0.3) is 0 Å². The van der Waals surface area contributed by atoms with Crippen molar-refractivity contribution in [2.45, 2.75) is 69.6 Å². The minimum atomic E-state index is -6.37. The van der Waals surface area contributed by atoms with E-state index in [1.54, 1.807) is 13.8 Å². The molecule has 20 heteroatoms. The van der Waals surface area contributed by atoms with E-state index in [1.165, 1.54) is 0 Å². The first-order chi connectivity index (χ1) is 22.5. The van der Waals surface area contributed by atoms with Crippen molar-refractivity contribution in [3.8, 4) is 5.75 Å². The van der Waals surface area contributed by atoms with Gasteiger partial charge in [0, 0.05) is 12.1 Å². The molecule has 1 unspecified atom stereocenters. The van der Waals surface area contributed by atoms with Crippen molar-refractivity contribution < 1.29 is 75.4 Å². The van der Waals surface area contributed by atoms with E-state index in [-0.39, 0.29) is 41.7 Å². The van der Waals surface area contributed by atoms with Gasteiger partial charge in [0.15, 0.2) is 0 Å². The van der Waals surface area contributed by atoms with E-state index in [0.717, 1.165) is 23.7 Å². The molecule has 1 fully saturated rings. The second-order valence-corrected chi connectivity index (χ2v) is 14.5. The van der Waals surface area contributed by atoms with Crippen molar-refractivity contribution in [1.82, 2.24) is 4.90 Å². The van der Waals surface area contributed by atoms with E-state index in [4.69, 9.17) is 9.47 Å². The van der Waals surface area contributed by atoms with Gasteiger partial charge in [0.05, 0.1) is 29.5 Å². The number of benzene rings is 2. The number of ether oxygens (including phenoxy) is 2. The van der Waals surface area contributed by atoms with Crippen LogP contribution < -0.4 is 9.46 Å². The van der Waals surface area contributed by atoms with Crippen LogP contribution in [0.15, 0.2) is 35.9 Å². The van der Waals surface area contributed by atoms with Crippen molar-refractivity contribution in [2.24, 2.45) is 5.41 Å². The van der Waals surface area contributed by atoms with Crippen molar-refractivity contribution in [2.75, 3.05) is 25.0 Å². The molecule has 1 saturated heterocycles. The van der Waals surface area contributed by atoms with Crippen LogP contribution in [0.1, 0.15) is 67.9 Å². The summed E-state index contributed by atoms with van der Waals surface area (Å²) in [5.74, 6) is -0.557. The van der Waals surface area contributed by atoms with Crippen LogP contribution in [-0.2, 0) is 38.8 Å². The summed E-state index contributed by atoms with van der Waals surface area (Å²) in [6.07, 6.45) is -16.7. The number of halogens is 12. The third kappa shape index (κ3) is 7.73. The Morgan fingerprint density at radius 3 is 1.90 bits per heavy atom. The molecule has 0 spiro atoms. The number of amides is 1. The Morgan fingerprint density at radius 1 is 0.860 bits per heavy atom. The molecule has 2 aliphatic rings. The molecule has 1 aliphatic carbocycles. The lowest BCUT2D eigenvalue weighted by Gasteiger charge is -2.39. The molecule has 50 heavy (non-hydrogen) atoms. The molecule has 2 aromatic carbocycles. The Balaban J connectivity index is 1.94. The molecule has 0 radical (unpaired) electrons. The number of nitrogens with one attached hydrogen (secondary N) is 1. The Bertz CT molecular complexity index is 1780. The second-order valence-electron chi connectivity index (χ2n) is 12.8. The highest BCUT2D eigenvalue weighted by atomic mass is 32.2. The molecule has 1 heterocycles. The summed E-state index contributed by atoms with van der Waals surface area (Å²) in [6.45, 7) is 3.38. The summed E-state index contributed by atoms with van der Waals surface area (Å²) in [5, 5.41) is 0. The zero-order valence-electron chi connectivity index (χ0n) is 26.4. The van der Waals surface area contributed by atoms with Crippen LogP contribution in [0.5, 0.6) is 5.75 Å². The largest absolute Gasteiger partial charge is 0.516 e. The predicted molar refractivity (Wildman–Crippen MR) is 153 cm³/mol. The van der Waals surface area contributed by atoms with E-state index in [0.29, 0.717) is 24.6 Å². The maximum Gasteiger partial charge on any atom is 0.516 e. The molecule has 0 aromatic heterocycles. The Hall–Kier alpha value is -3.84. The molecule has 1 atom stereocenters. The van der Waals surface area contributed by atoms with Crippen LogP contribution >= 0.6 is 0 Å². The number of alkyl halides is 12. The Labute approximate surface area is 277 Å². The monoisotopic (exact) mass is 756 g/mol. The van der Waals surface area contributed by atoms with E-state index >= 15 is 0 Å². The van der Waals surface area contributed by atoms with E-state index in [9.17, 15) is 65.9 Å². The highest BCUT2D eigenvalue weighted by Gasteiger charge is 2.50. The number of hydrogen-bond acceptors (Lipinski definition) is 5. The molecule has 0 saturated carbocycles. The van der Waals surface area contributed by atoms with Crippen LogP contribution in [-0.4, -0.2) is 45.2 Å². The number of anilines is 1. The van der Waals surface area contributed by atoms with Gasteiger partial charge in [-0.05, 0) is 78.6 Å². The fourth-order valence-electron chi connectivity index (χ4n) is 5.89. The summed E-state index contributed by atoms with van der Waals surface area (Å²) in [5.41, 5.74) is -15.9. The smallest absolute Gasteiger partial charge is 0.496 e. The highest BCUT2D eigenvalue weighted by Crippen LogP contribution is 2.49. The van der Waals surface area contributed by atoms with Gasteiger partial charge in [-0.3, -0.25) is 9.62 Å². The van der Waals surface area contributed by atoms with Gasteiger partial charge >= 0.3 is 40.2 Å².